The van der Waals surface area contributed by atoms with E-state index in [1.165, 1.54) is 96.3 Å². The molecule has 2 atom stereocenters. The van der Waals surface area contributed by atoms with E-state index < -0.39 is 18.1 Å². The van der Waals surface area contributed by atoms with Gasteiger partial charge < -0.3 is 23.8 Å². The molecular weight excluding hydrogens is 679 g/mol. The SMILES string of the molecule is CCCC/C=C/CCCCCCC(=O)OCC(COCCC(C(=O)O)[N+](C)(C)C)OC(=O)CCCCCCCCCCCC/C=C/C=C/CCCCCC. The number of carboxylic acids is 1. The van der Waals surface area contributed by atoms with Gasteiger partial charge in [-0.05, 0) is 57.8 Å². The zero-order valence-electron chi connectivity index (χ0n) is 35.7. The van der Waals surface area contributed by atoms with Crippen molar-refractivity contribution in [3.8, 4) is 0 Å². The first kappa shape index (κ1) is 51.5. The molecule has 0 aromatic rings. The minimum absolute atomic E-state index is 0.0571. The Morgan fingerprint density at radius 1 is 0.556 bits per heavy atom. The number of esters is 2. The van der Waals surface area contributed by atoms with E-state index in [2.05, 4.69) is 50.3 Å². The number of quaternary nitrogens is 1. The summed E-state index contributed by atoms with van der Waals surface area (Å²) in [6.45, 7) is 4.66. The second-order valence-corrected chi connectivity index (χ2v) is 16.0. The Kier molecular flexibility index (Phi) is 35.8. The van der Waals surface area contributed by atoms with Crippen LogP contribution in [-0.2, 0) is 28.6 Å². The van der Waals surface area contributed by atoms with E-state index in [1.807, 2.05) is 21.1 Å². The number of hydrogen-bond donors (Lipinski definition) is 1. The number of aliphatic carboxylic acids is 1. The lowest BCUT2D eigenvalue weighted by molar-refractivity contribution is -0.887. The lowest BCUT2D eigenvalue weighted by atomic mass is 10.1. The largest absolute Gasteiger partial charge is 0.477 e. The van der Waals surface area contributed by atoms with E-state index in [0.29, 0.717) is 19.3 Å². The van der Waals surface area contributed by atoms with Gasteiger partial charge in [-0.2, -0.15) is 0 Å². The van der Waals surface area contributed by atoms with Crippen LogP contribution in [0.1, 0.15) is 187 Å². The first-order chi connectivity index (χ1) is 26.1. The van der Waals surface area contributed by atoms with Gasteiger partial charge in [-0.1, -0.05) is 147 Å². The molecule has 0 aromatic heterocycles. The molecular formula is C46H84NO7+. The molecule has 0 aliphatic rings. The van der Waals surface area contributed by atoms with Crippen LogP contribution in [0.4, 0.5) is 0 Å². The molecule has 0 saturated heterocycles. The molecule has 8 nitrogen and oxygen atoms in total. The van der Waals surface area contributed by atoms with Gasteiger partial charge in [-0.25, -0.2) is 4.79 Å². The number of likely N-dealkylation sites (N-methyl/N-ethyl adjacent to an activating group) is 1. The van der Waals surface area contributed by atoms with Crippen molar-refractivity contribution in [2.24, 2.45) is 0 Å². The molecule has 0 rings (SSSR count). The fourth-order valence-electron chi connectivity index (χ4n) is 6.30. The summed E-state index contributed by atoms with van der Waals surface area (Å²) in [5.74, 6) is -1.49. The summed E-state index contributed by atoms with van der Waals surface area (Å²) in [4.78, 5) is 36.9. The number of allylic oxidation sites excluding steroid dienone is 6. The molecule has 0 aromatic carbocycles. The molecule has 0 radical (unpaired) electrons. The summed E-state index contributed by atoms with van der Waals surface area (Å²) < 4.78 is 17.2. The second-order valence-electron chi connectivity index (χ2n) is 16.0. The summed E-state index contributed by atoms with van der Waals surface area (Å²) in [5.41, 5.74) is 0. The highest BCUT2D eigenvalue weighted by Crippen LogP contribution is 2.14. The number of carbonyl (C=O) groups is 3. The van der Waals surface area contributed by atoms with E-state index in [0.717, 1.165) is 57.8 Å². The molecule has 314 valence electrons. The van der Waals surface area contributed by atoms with Crippen LogP contribution in [0.2, 0.25) is 0 Å². The van der Waals surface area contributed by atoms with Crippen molar-refractivity contribution in [2.75, 3.05) is 41.0 Å². The van der Waals surface area contributed by atoms with Gasteiger partial charge in [-0.3, -0.25) is 9.59 Å². The molecule has 0 fully saturated rings. The Bertz CT molecular complexity index is 984. The molecule has 0 saturated carbocycles. The van der Waals surface area contributed by atoms with Gasteiger partial charge in [0, 0.05) is 19.3 Å². The van der Waals surface area contributed by atoms with Crippen molar-refractivity contribution in [1.29, 1.82) is 0 Å². The van der Waals surface area contributed by atoms with Crippen LogP contribution in [0.15, 0.2) is 36.5 Å². The van der Waals surface area contributed by atoms with Crippen LogP contribution >= 0.6 is 0 Å². The van der Waals surface area contributed by atoms with Gasteiger partial charge in [0.05, 0.1) is 34.4 Å². The molecule has 0 bridgehead atoms. The molecule has 0 aliphatic carbocycles. The van der Waals surface area contributed by atoms with Crippen molar-refractivity contribution in [3.63, 3.8) is 0 Å². The van der Waals surface area contributed by atoms with Gasteiger partial charge in [0.15, 0.2) is 12.1 Å². The lowest BCUT2D eigenvalue weighted by Crippen LogP contribution is -2.50. The average molecular weight is 763 g/mol. The second kappa shape index (κ2) is 37.5. The van der Waals surface area contributed by atoms with Gasteiger partial charge in [0.2, 0.25) is 0 Å². The lowest BCUT2D eigenvalue weighted by Gasteiger charge is -2.31. The maximum absolute atomic E-state index is 12.7. The minimum Gasteiger partial charge on any atom is -0.477 e. The normalized spacial score (nSPS) is 13.3. The van der Waals surface area contributed by atoms with Crippen molar-refractivity contribution in [2.45, 2.75) is 199 Å². The third-order valence-electron chi connectivity index (χ3n) is 9.79. The standard InChI is InChI=1S/C46H83NO7/c1-6-8-10-12-14-16-18-19-20-21-22-23-24-25-26-27-29-31-33-35-37-45(49)54-42(40-52-39-38-43(46(50)51)47(3,4)5)41-53-44(48)36-34-32-30-28-17-15-13-11-9-7-2/h13,15-16,18-20,42-43H,6-12,14,17,21-41H2,1-5H3/p+1/b15-13+,18-16+,20-19+. The van der Waals surface area contributed by atoms with Gasteiger partial charge in [0.25, 0.3) is 0 Å². The first-order valence-corrected chi connectivity index (χ1v) is 22.0. The van der Waals surface area contributed by atoms with Crippen molar-refractivity contribution in [1.82, 2.24) is 0 Å². The van der Waals surface area contributed by atoms with Crippen molar-refractivity contribution >= 4 is 17.9 Å². The van der Waals surface area contributed by atoms with E-state index >= 15 is 0 Å². The Hall–Kier alpha value is -2.45. The molecule has 8 heteroatoms. The average Bonchev–Trinajstić information content (AvgIpc) is 3.12. The van der Waals surface area contributed by atoms with Crippen LogP contribution in [-0.4, -0.2) is 80.6 Å². The predicted molar refractivity (Wildman–Crippen MR) is 225 cm³/mol. The van der Waals surface area contributed by atoms with Crippen molar-refractivity contribution < 1.29 is 38.2 Å². The van der Waals surface area contributed by atoms with Gasteiger partial charge >= 0.3 is 17.9 Å². The highest BCUT2D eigenvalue weighted by Gasteiger charge is 2.31. The van der Waals surface area contributed by atoms with Crippen LogP contribution in [0.25, 0.3) is 0 Å². The third kappa shape index (κ3) is 35.3. The number of ether oxygens (including phenoxy) is 3. The maximum Gasteiger partial charge on any atom is 0.362 e. The van der Waals surface area contributed by atoms with E-state index in [1.54, 1.807) is 0 Å². The maximum atomic E-state index is 12.7. The zero-order chi connectivity index (χ0) is 40.0. The number of carboxylic acid groups (broad SMARTS) is 1. The summed E-state index contributed by atoms with van der Waals surface area (Å²) in [6.07, 6.45) is 41.9. The molecule has 0 spiro atoms. The van der Waals surface area contributed by atoms with E-state index in [9.17, 15) is 19.5 Å². The number of hydrogen-bond acceptors (Lipinski definition) is 6. The molecule has 2 unspecified atom stereocenters. The molecule has 0 aliphatic heterocycles. The van der Waals surface area contributed by atoms with E-state index in [4.69, 9.17) is 14.2 Å². The Morgan fingerprint density at radius 2 is 1.00 bits per heavy atom. The highest BCUT2D eigenvalue weighted by molar-refractivity contribution is 5.72. The molecule has 54 heavy (non-hydrogen) atoms. The summed E-state index contributed by atoms with van der Waals surface area (Å²) in [6, 6.07) is -0.615. The smallest absolute Gasteiger partial charge is 0.362 e. The fraction of sp³-hybridized carbons (Fsp3) is 0.804. The Balaban J connectivity index is 4.29. The highest BCUT2D eigenvalue weighted by atomic mass is 16.6. The first-order valence-electron chi connectivity index (χ1n) is 22.0. The van der Waals surface area contributed by atoms with Crippen molar-refractivity contribution in [3.05, 3.63) is 36.5 Å². The monoisotopic (exact) mass is 763 g/mol. The van der Waals surface area contributed by atoms with Crippen LogP contribution < -0.4 is 0 Å². The van der Waals surface area contributed by atoms with Gasteiger partial charge in [-0.15, -0.1) is 0 Å². The Morgan fingerprint density at radius 3 is 1.50 bits per heavy atom. The number of carbonyl (C=O) groups excluding carboxylic acids is 2. The predicted octanol–water partition coefficient (Wildman–Crippen LogP) is 11.9. The van der Waals surface area contributed by atoms with Crippen LogP contribution in [0.5, 0.6) is 0 Å². The topological polar surface area (TPSA) is 99.1 Å². The van der Waals surface area contributed by atoms with Crippen LogP contribution in [0.3, 0.4) is 0 Å². The van der Waals surface area contributed by atoms with Gasteiger partial charge in [0.1, 0.15) is 6.61 Å². The summed E-state index contributed by atoms with van der Waals surface area (Å²) >= 11 is 0. The molecule has 0 amide bonds. The summed E-state index contributed by atoms with van der Waals surface area (Å²) in [5, 5.41) is 9.60. The molecule has 1 N–H and O–H groups in total. The third-order valence-corrected chi connectivity index (χ3v) is 9.79. The minimum atomic E-state index is -0.877. The molecule has 0 heterocycles. The quantitative estimate of drug-likeness (QED) is 0.0219. The number of rotatable bonds is 39. The summed E-state index contributed by atoms with van der Waals surface area (Å²) in [7, 11) is 5.52. The fourth-order valence-corrected chi connectivity index (χ4v) is 6.30. The number of unbranched alkanes of at least 4 members (excludes halogenated alkanes) is 20. The number of nitrogens with zero attached hydrogens (tertiary/aromatic N) is 1. The van der Waals surface area contributed by atoms with E-state index in [-0.39, 0.29) is 36.2 Å². The zero-order valence-corrected chi connectivity index (χ0v) is 35.7. The van der Waals surface area contributed by atoms with Crippen LogP contribution in [0, 0.1) is 0 Å². The Labute approximate surface area is 332 Å².